The molecule has 2 fully saturated rings. The minimum absolute atomic E-state index is 0.0810. The molecule has 1 aliphatic heterocycles. The van der Waals surface area contributed by atoms with Crippen molar-refractivity contribution in [3.05, 3.63) is 83.4 Å². The average molecular weight is 539 g/mol. The van der Waals surface area contributed by atoms with E-state index in [1.54, 1.807) is 17.7 Å². The Bertz CT molecular complexity index is 1250. The van der Waals surface area contributed by atoms with Gasteiger partial charge in [-0.25, -0.2) is 18.6 Å². The molecule has 0 bridgehead atoms. The third-order valence-electron chi connectivity index (χ3n) is 6.61. The highest BCUT2D eigenvalue weighted by Gasteiger charge is 2.54. The summed E-state index contributed by atoms with van der Waals surface area (Å²) in [6, 6.07) is 9.46. The number of nitrogens with zero attached hydrogens (tertiary/aromatic N) is 3. The van der Waals surface area contributed by atoms with Gasteiger partial charge in [0.15, 0.2) is 5.69 Å². The van der Waals surface area contributed by atoms with Crippen LogP contribution in [0.5, 0.6) is 5.75 Å². The standard InChI is InChI=1S/C21H21F5N2O.C5H6N2O2/c22-15-4-5-20(23)14(7-15)10-28-11-18-17(19(18)12-28)9-27-8-13-2-1-3-16(6-13)29-21(24,25)26;1-7-2-4(5(8)9)6-3-7/h1-7,17-19,27H,8-12H2;2-3H,1H3,(H,8,9). The lowest BCUT2D eigenvalue weighted by Crippen LogP contribution is -2.27. The van der Waals surface area contributed by atoms with E-state index in [-0.39, 0.29) is 17.3 Å². The zero-order chi connectivity index (χ0) is 27.4. The lowest BCUT2D eigenvalue weighted by Gasteiger charge is -2.20. The quantitative estimate of drug-likeness (QED) is 0.413. The van der Waals surface area contributed by atoms with E-state index in [9.17, 15) is 26.7 Å². The van der Waals surface area contributed by atoms with Crippen LogP contribution in [0.25, 0.3) is 0 Å². The molecular weight excluding hydrogens is 511 g/mol. The first-order valence-corrected chi connectivity index (χ1v) is 11.9. The average Bonchev–Trinajstić information content (AvgIpc) is 3.14. The van der Waals surface area contributed by atoms with Gasteiger partial charge in [0, 0.05) is 45.0 Å². The van der Waals surface area contributed by atoms with Gasteiger partial charge in [0.05, 0.1) is 6.33 Å². The van der Waals surface area contributed by atoms with Crippen molar-refractivity contribution in [3.63, 3.8) is 0 Å². The Hall–Kier alpha value is -3.51. The number of carboxylic acid groups (broad SMARTS) is 1. The summed E-state index contributed by atoms with van der Waals surface area (Å²) in [4.78, 5) is 15.9. The number of alkyl halides is 3. The molecule has 2 heterocycles. The Morgan fingerprint density at radius 3 is 2.50 bits per heavy atom. The van der Waals surface area contributed by atoms with Crippen LogP contribution < -0.4 is 10.1 Å². The minimum Gasteiger partial charge on any atom is -0.476 e. The molecule has 2 atom stereocenters. The molecule has 1 saturated carbocycles. The number of hydrogen-bond acceptors (Lipinski definition) is 5. The van der Waals surface area contributed by atoms with Crippen LogP contribution in [-0.4, -0.2) is 51.5 Å². The number of nitrogens with one attached hydrogen (secondary N) is 1. The highest BCUT2D eigenvalue weighted by Crippen LogP contribution is 2.51. The normalized spacial score (nSPS) is 20.4. The lowest BCUT2D eigenvalue weighted by atomic mass is 10.1. The third kappa shape index (κ3) is 7.51. The van der Waals surface area contributed by atoms with Crippen molar-refractivity contribution in [2.24, 2.45) is 24.8 Å². The van der Waals surface area contributed by atoms with Gasteiger partial charge in [-0.05, 0) is 60.2 Å². The number of aromatic carboxylic acids is 1. The van der Waals surface area contributed by atoms with Crippen LogP contribution in [0.15, 0.2) is 55.0 Å². The molecule has 0 amide bonds. The first kappa shape index (κ1) is 27.5. The SMILES string of the molecule is Cn1cnc(C(=O)O)c1.Fc1ccc(F)c(CN2CC3C(CNCc4cccc(OC(F)(F)F)c4)C3C2)c1. The number of piperidine rings is 1. The van der Waals surface area contributed by atoms with Crippen molar-refractivity contribution in [2.45, 2.75) is 19.5 Å². The van der Waals surface area contributed by atoms with Crippen LogP contribution in [-0.2, 0) is 20.1 Å². The number of ether oxygens (including phenoxy) is 1. The molecule has 2 unspecified atom stereocenters. The molecule has 7 nitrogen and oxygen atoms in total. The molecule has 5 rings (SSSR count). The molecule has 2 N–H and O–H groups in total. The molecule has 38 heavy (non-hydrogen) atoms. The largest absolute Gasteiger partial charge is 0.573 e. The summed E-state index contributed by atoms with van der Waals surface area (Å²) in [7, 11) is 1.72. The van der Waals surface area contributed by atoms with Crippen molar-refractivity contribution in [1.82, 2.24) is 19.8 Å². The van der Waals surface area contributed by atoms with Crippen molar-refractivity contribution in [1.29, 1.82) is 0 Å². The number of benzene rings is 2. The summed E-state index contributed by atoms with van der Waals surface area (Å²) < 4.78 is 69.5. The molecule has 0 spiro atoms. The Kier molecular flexibility index (Phi) is 8.32. The number of rotatable bonds is 8. The van der Waals surface area contributed by atoms with Crippen LogP contribution in [0.4, 0.5) is 22.0 Å². The smallest absolute Gasteiger partial charge is 0.476 e. The minimum atomic E-state index is -4.70. The van der Waals surface area contributed by atoms with Gasteiger partial charge in [-0.15, -0.1) is 13.2 Å². The van der Waals surface area contributed by atoms with Gasteiger partial charge in [0.2, 0.25) is 0 Å². The van der Waals surface area contributed by atoms with Crippen molar-refractivity contribution < 1.29 is 36.6 Å². The Balaban J connectivity index is 0.000000317. The molecule has 1 aromatic heterocycles. The Labute approximate surface area is 215 Å². The molecule has 2 aromatic carbocycles. The van der Waals surface area contributed by atoms with Crippen molar-refractivity contribution in [2.75, 3.05) is 19.6 Å². The van der Waals surface area contributed by atoms with Gasteiger partial charge in [-0.3, -0.25) is 4.90 Å². The summed E-state index contributed by atoms with van der Waals surface area (Å²) in [6.07, 6.45) is -1.80. The van der Waals surface area contributed by atoms with Crippen LogP contribution in [0, 0.1) is 29.4 Å². The summed E-state index contributed by atoms with van der Waals surface area (Å²) in [5.41, 5.74) is 1.18. The first-order chi connectivity index (χ1) is 18.0. The van der Waals surface area contributed by atoms with Crippen LogP contribution in [0.2, 0.25) is 0 Å². The summed E-state index contributed by atoms with van der Waals surface area (Å²) >= 11 is 0. The van der Waals surface area contributed by atoms with Gasteiger partial charge >= 0.3 is 12.3 Å². The predicted octanol–water partition coefficient (Wildman–Crippen LogP) is 4.45. The number of halogens is 5. The van der Waals surface area contributed by atoms with Gasteiger partial charge in [0.25, 0.3) is 0 Å². The highest BCUT2D eigenvalue weighted by molar-refractivity contribution is 5.84. The molecule has 0 radical (unpaired) electrons. The van der Waals surface area contributed by atoms with E-state index in [1.807, 2.05) is 0 Å². The number of carbonyl (C=O) groups is 1. The number of aromatic nitrogens is 2. The second-order valence-electron chi connectivity index (χ2n) is 9.48. The van der Waals surface area contributed by atoms with Crippen LogP contribution in [0.3, 0.4) is 0 Å². The molecule has 1 saturated heterocycles. The van der Waals surface area contributed by atoms with E-state index in [0.29, 0.717) is 36.4 Å². The fourth-order valence-corrected chi connectivity index (χ4v) is 4.83. The number of fused-ring (bicyclic) bond motifs is 1. The maximum Gasteiger partial charge on any atom is 0.573 e. The van der Waals surface area contributed by atoms with E-state index in [0.717, 1.165) is 37.3 Å². The fraction of sp³-hybridized carbons (Fsp3) is 0.385. The van der Waals surface area contributed by atoms with E-state index in [2.05, 4.69) is 19.9 Å². The molecule has 12 heteroatoms. The van der Waals surface area contributed by atoms with Gasteiger partial charge < -0.3 is 19.7 Å². The zero-order valence-corrected chi connectivity index (χ0v) is 20.5. The van der Waals surface area contributed by atoms with Gasteiger partial charge in [-0.2, -0.15) is 0 Å². The Morgan fingerprint density at radius 2 is 1.89 bits per heavy atom. The topological polar surface area (TPSA) is 79.6 Å². The fourth-order valence-electron chi connectivity index (χ4n) is 4.83. The number of hydrogen-bond donors (Lipinski definition) is 2. The number of carboxylic acids is 1. The van der Waals surface area contributed by atoms with Crippen LogP contribution in [0.1, 0.15) is 21.6 Å². The third-order valence-corrected chi connectivity index (χ3v) is 6.61. The van der Waals surface area contributed by atoms with Gasteiger partial charge in [0.1, 0.15) is 17.4 Å². The van der Waals surface area contributed by atoms with E-state index < -0.39 is 18.1 Å². The van der Waals surface area contributed by atoms with E-state index in [1.165, 1.54) is 36.8 Å². The van der Waals surface area contributed by atoms with Gasteiger partial charge in [-0.1, -0.05) is 12.1 Å². The predicted molar refractivity (Wildman–Crippen MR) is 127 cm³/mol. The van der Waals surface area contributed by atoms with E-state index in [4.69, 9.17) is 5.11 Å². The highest BCUT2D eigenvalue weighted by atomic mass is 19.4. The number of aryl methyl sites for hydroxylation is 1. The number of imidazole rings is 1. The molecule has 3 aromatic rings. The Morgan fingerprint density at radius 1 is 1.16 bits per heavy atom. The summed E-state index contributed by atoms with van der Waals surface area (Å²) in [5, 5.41) is 11.6. The van der Waals surface area contributed by atoms with E-state index >= 15 is 0 Å². The summed E-state index contributed by atoms with van der Waals surface area (Å²) in [6.45, 7) is 3.34. The first-order valence-electron chi connectivity index (χ1n) is 11.9. The van der Waals surface area contributed by atoms with Crippen molar-refractivity contribution >= 4 is 5.97 Å². The number of likely N-dealkylation sites (tertiary alicyclic amines) is 1. The maximum absolute atomic E-state index is 13.8. The molecule has 204 valence electrons. The lowest BCUT2D eigenvalue weighted by molar-refractivity contribution is -0.274. The molecule has 1 aliphatic carbocycles. The molecular formula is C26H27F5N4O3. The second kappa shape index (κ2) is 11.5. The molecule has 2 aliphatic rings. The second-order valence-corrected chi connectivity index (χ2v) is 9.48. The van der Waals surface area contributed by atoms with Crippen molar-refractivity contribution in [3.8, 4) is 5.75 Å². The zero-order valence-electron chi connectivity index (χ0n) is 20.5. The monoisotopic (exact) mass is 538 g/mol. The van der Waals surface area contributed by atoms with Crippen LogP contribution >= 0.6 is 0 Å². The maximum atomic E-state index is 13.8. The summed E-state index contributed by atoms with van der Waals surface area (Å²) in [5.74, 6) is -0.466.